The number of ether oxygens (including phenoxy) is 3. The van der Waals surface area contributed by atoms with Crippen LogP contribution in [0.25, 0.3) is 17.1 Å². The van der Waals surface area contributed by atoms with Gasteiger partial charge in [0.2, 0.25) is 0 Å². The summed E-state index contributed by atoms with van der Waals surface area (Å²) in [6.45, 7) is 2.51. The standard InChI is InChI=1S/C27H26ClN5O4S/c1-4-37-22-11-9-21(10-12-22)33-26(18-5-7-20(28)8-6-18)31-32-27(33)38-17-25(34)30-29-16-19-15-23(35-2)13-14-24(19)36-3/h5-16H,4,17H2,1-3H3,(H,30,34)/b29-16+. The van der Waals surface area contributed by atoms with Crippen LogP contribution in [0.5, 0.6) is 17.2 Å². The number of hydrogen-bond donors (Lipinski definition) is 1. The molecule has 11 heteroatoms. The number of amides is 1. The molecule has 4 aromatic rings. The highest BCUT2D eigenvalue weighted by Gasteiger charge is 2.17. The van der Waals surface area contributed by atoms with E-state index in [1.165, 1.54) is 18.0 Å². The van der Waals surface area contributed by atoms with E-state index >= 15 is 0 Å². The first kappa shape index (κ1) is 27.0. The summed E-state index contributed by atoms with van der Waals surface area (Å²) >= 11 is 7.32. The number of rotatable bonds is 11. The molecule has 0 aliphatic rings. The zero-order valence-electron chi connectivity index (χ0n) is 21.1. The predicted molar refractivity (Wildman–Crippen MR) is 149 cm³/mol. The fourth-order valence-electron chi connectivity index (χ4n) is 3.52. The molecule has 0 aliphatic carbocycles. The molecule has 0 saturated heterocycles. The van der Waals surface area contributed by atoms with Gasteiger partial charge >= 0.3 is 0 Å². The number of nitrogens with one attached hydrogen (secondary N) is 1. The largest absolute Gasteiger partial charge is 0.497 e. The number of carbonyl (C=O) groups excluding carboxylic acids is 1. The van der Waals surface area contributed by atoms with E-state index in [1.807, 2.05) is 47.9 Å². The summed E-state index contributed by atoms with van der Waals surface area (Å²) in [5.74, 6) is 2.41. The number of halogens is 1. The fourth-order valence-corrected chi connectivity index (χ4v) is 4.39. The molecule has 38 heavy (non-hydrogen) atoms. The Morgan fingerprint density at radius 2 is 1.76 bits per heavy atom. The molecule has 0 atom stereocenters. The van der Waals surface area contributed by atoms with E-state index in [0.717, 1.165) is 17.0 Å². The Labute approximate surface area is 229 Å². The zero-order chi connectivity index (χ0) is 26.9. The molecule has 0 saturated carbocycles. The van der Waals surface area contributed by atoms with E-state index in [9.17, 15) is 4.79 Å². The summed E-state index contributed by atoms with van der Waals surface area (Å²) < 4.78 is 18.0. The van der Waals surface area contributed by atoms with E-state index in [4.69, 9.17) is 25.8 Å². The molecule has 1 amide bonds. The summed E-state index contributed by atoms with van der Waals surface area (Å²) in [4.78, 5) is 12.6. The smallest absolute Gasteiger partial charge is 0.250 e. The van der Waals surface area contributed by atoms with Gasteiger partial charge in [-0.05, 0) is 73.7 Å². The van der Waals surface area contributed by atoms with Gasteiger partial charge in [-0.15, -0.1) is 10.2 Å². The Morgan fingerprint density at radius 3 is 2.45 bits per heavy atom. The van der Waals surface area contributed by atoms with Gasteiger partial charge < -0.3 is 14.2 Å². The molecule has 0 unspecified atom stereocenters. The lowest BCUT2D eigenvalue weighted by atomic mass is 10.2. The van der Waals surface area contributed by atoms with Crippen molar-refractivity contribution in [1.29, 1.82) is 0 Å². The van der Waals surface area contributed by atoms with Crippen molar-refractivity contribution in [3.8, 4) is 34.3 Å². The number of methoxy groups -OCH3 is 2. The summed E-state index contributed by atoms with van der Waals surface area (Å²) in [5.41, 5.74) is 4.87. The van der Waals surface area contributed by atoms with Crippen molar-refractivity contribution in [3.05, 3.63) is 77.3 Å². The maximum atomic E-state index is 12.6. The van der Waals surface area contributed by atoms with Crippen LogP contribution in [0.2, 0.25) is 5.02 Å². The van der Waals surface area contributed by atoms with Gasteiger partial charge in [0.15, 0.2) is 11.0 Å². The number of hydrogen-bond acceptors (Lipinski definition) is 8. The molecule has 1 N–H and O–H groups in total. The second-order valence-corrected chi connectivity index (χ2v) is 9.14. The molecule has 9 nitrogen and oxygen atoms in total. The van der Waals surface area contributed by atoms with Gasteiger partial charge in [-0.25, -0.2) is 5.43 Å². The van der Waals surface area contributed by atoms with Gasteiger partial charge in [-0.3, -0.25) is 9.36 Å². The van der Waals surface area contributed by atoms with Crippen LogP contribution in [0.1, 0.15) is 12.5 Å². The quantitative estimate of drug-likeness (QED) is 0.154. The van der Waals surface area contributed by atoms with E-state index in [-0.39, 0.29) is 11.7 Å². The third-order valence-electron chi connectivity index (χ3n) is 5.30. The molecule has 1 heterocycles. The highest BCUT2D eigenvalue weighted by Crippen LogP contribution is 2.29. The minimum absolute atomic E-state index is 0.0718. The average molecular weight is 552 g/mol. The van der Waals surface area contributed by atoms with Gasteiger partial charge in [-0.2, -0.15) is 5.10 Å². The van der Waals surface area contributed by atoms with Crippen LogP contribution in [-0.2, 0) is 4.79 Å². The van der Waals surface area contributed by atoms with Crippen LogP contribution in [0.15, 0.2) is 77.0 Å². The van der Waals surface area contributed by atoms with Crippen LogP contribution >= 0.6 is 23.4 Å². The molecule has 196 valence electrons. The first-order valence-corrected chi connectivity index (χ1v) is 13.0. The van der Waals surface area contributed by atoms with Crippen LogP contribution in [0.4, 0.5) is 0 Å². The van der Waals surface area contributed by atoms with Crippen molar-refractivity contribution < 1.29 is 19.0 Å². The summed E-state index contributed by atoms with van der Waals surface area (Å²) in [7, 11) is 3.14. The summed E-state index contributed by atoms with van der Waals surface area (Å²) in [6, 6.07) is 20.3. The molecule has 1 aromatic heterocycles. The molecule has 3 aromatic carbocycles. The topological polar surface area (TPSA) is 99.9 Å². The van der Waals surface area contributed by atoms with Gasteiger partial charge in [0.1, 0.15) is 17.2 Å². The molecular weight excluding hydrogens is 526 g/mol. The Morgan fingerprint density at radius 1 is 1.03 bits per heavy atom. The number of benzene rings is 3. The van der Waals surface area contributed by atoms with Crippen LogP contribution in [-0.4, -0.2) is 53.5 Å². The lowest BCUT2D eigenvalue weighted by Crippen LogP contribution is -2.20. The summed E-state index contributed by atoms with van der Waals surface area (Å²) in [6.07, 6.45) is 1.50. The fraction of sp³-hybridized carbons (Fsp3) is 0.185. The van der Waals surface area contributed by atoms with Crippen molar-refractivity contribution in [3.63, 3.8) is 0 Å². The molecule has 0 fully saturated rings. The van der Waals surface area contributed by atoms with Crippen molar-refractivity contribution in [2.45, 2.75) is 12.1 Å². The van der Waals surface area contributed by atoms with Crippen LogP contribution < -0.4 is 19.6 Å². The second-order valence-electron chi connectivity index (χ2n) is 7.77. The average Bonchev–Trinajstić information content (AvgIpc) is 3.36. The predicted octanol–water partition coefficient (Wildman–Crippen LogP) is 5.25. The SMILES string of the molecule is CCOc1ccc(-n2c(SCC(=O)N/N=C/c3cc(OC)ccc3OC)nnc2-c2ccc(Cl)cc2)cc1. The van der Waals surface area contributed by atoms with Gasteiger partial charge in [0.05, 0.1) is 32.8 Å². The summed E-state index contributed by atoms with van der Waals surface area (Å²) in [5, 5.41) is 14.0. The van der Waals surface area contributed by atoms with Crippen molar-refractivity contribution in [2.75, 3.05) is 26.6 Å². The Hall–Kier alpha value is -4.02. The molecular formula is C27H26ClN5O4S. The van der Waals surface area contributed by atoms with Crippen molar-refractivity contribution >= 4 is 35.5 Å². The Balaban J connectivity index is 1.51. The van der Waals surface area contributed by atoms with Crippen LogP contribution in [0, 0.1) is 0 Å². The molecule has 4 rings (SSSR count). The first-order valence-electron chi connectivity index (χ1n) is 11.6. The third kappa shape index (κ3) is 6.64. The first-order chi connectivity index (χ1) is 18.5. The lowest BCUT2D eigenvalue weighted by Gasteiger charge is -2.11. The molecule has 0 aliphatic heterocycles. The number of nitrogens with zero attached hydrogens (tertiary/aromatic N) is 4. The lowest BCUT2D eigenvalue weighted by molar-refractivity contribution is -0.118. The minimum Gasteiger partial charge on any atom is -0.497 e. The van der Waals surface area contributed by atoms with Crippen molar-refractivity contribution in [2.24, 2.45) is 5.10 Å². The number of aromatic nitrogens is 3. The molecule has 0 radical (unpaired) electrons. The van der Waals surface area contributed by atoms with Gasteiger partial charge in [0, 0.05) is 21.8 Å². The number of thioether (sulfide) groups is 1. The van der Waals surface area contributed by atoms with E-state index in [1.54, 1.807) is 44.6 Å². The maximum absolute atomic E-state index is 12.6. The zero-order valence-corrected chi connectivity index (χ0v) is 22.6. The maximum Gasteiger partial charge on any atom is 0.250 e. The van der Waals surface area contributed by atoms with Crippen molar-refractivity contribution in [1.82, 2.24) is 20.2 Å². The normalized spacial score (nSPS) is 10.9. The molecule has 0 spiro atoms. The number of hydrazone groups is 1. The van der Waals surface area contributed by atoms with Gasteiger partial charge in [-0.1, -0.05) is 23.4 Å². The van der Waals surface area contributed by atoms with E-state index < -0.39 is 0 Å². The molecule has 0 bridgehead atoms. The second kappa shape index (κ2) is 13.0. The third-order valence-corrected chi connectivity index (χ3v) is 6.48. The van der Waals surface area contributed by atoms with E-state index in [0.29, 0.717) is 39.7 Å². The Bertz CT molecular complexity index is 1410. The van der Waals surface area contributed by atoms with Gasteiger partial charge in [0.25, 0.3) is 5.91 Å². The highest BCUT2D eigenvalue weighted by atomic mass is 35.5. The number of carbonyl (C=O) groups is 1. The van der Waals surface area contributed by atoms with Crippen LogP contribution in [0.3, 0.4) is 0 Å². The monoisotopic (exact) mass is 551 g/mol. The Kier molecular flexibility index (Phi) is 9.23. The van der Waals surface area contributed by atoms with E-state index in [2.05, 4.69) is 20.7 Å². The highest BCUT2D eigenvalue weighted by molar-refractivity contribution is 7.99. The minimum atomic E-state index is -0.303.